The van der Waals surface area contributed by atoms with Crippen molar-refractivity contribution in [2.24, 2.45) is 0 Å². The van der Waals surface area contributed by atoms with Gasteiger partial charge in [0.2, 0.25) is 5.78 Å². The van der Waals surface area contributed by atoms with Crippen LogP contribution >= 0.6 is 0 Å². The minimum Gasteiger partial charge on any atom is -0.349 e. The minimum absolute atomic E-state index is 0.149. The smallest absolute Gasteiger partial charge is 0.204 e. The lowest BCUT2D eigenvalue weighted by Crippen LogP contribution is -2.14. The first kappa shape index (κ1) is 16.4. The molecule has 0 N–H and O–H groups in total. The second-order valence-electron chi connectivity index (χ2n) is 5.72. The highest BCUT2D eigenvalue weighted by molar-refractivity contribution is 6.03. The second kappa shape index (κ2) is 7.89. The van der Waals surface area contributed by atoms with Crippen LogP contribution in [0.5, 0.6) is 0 Å². The predicted octanol–water partition coefficient (Wildman–Crippen LogP) is 4.02. The summed E-state index contributed by atoms with van der Waals surface area (Å²) in [7, 11) is 0. The third-order valence-corrected chi connectivity index (χ3v) is 3.77. The number of rotatable bonds is 5. The number of allylic oxidation sites excluding steroid dienone is 4. The first-order chi connectivity index (χ1) is 12.2. The van der Waals surface area contributed by atoms with Crippen molar-refractivity contribution in [1.82, 2.24) is 9.88 Å². The van der Waals surface area contributed by atoms with Crippen LogP contribution in [-0.2, 0) is 6.54 Å². The molecule has 25 heavy (non-hydrogen) atoms. The van der Waals surface area contributed by atoms with Crippen molar-refractivity contribution >= 4 is 5.78 Å². The topological polar surface area (TPSA) is 57.0 Å². The molecule has 0 radical (unpaired) electrons. The SMILES string of the molecule is N#CC1=CN(Cc2ccccc2)C=C(C=CC(=O)c2ccccn2)C1. The molecule has 4 heteroatoms. The Morgan fingerprint density at radius 2 is 1.96 bits per heavy atom. The van der Waals surface area contributed by atoms with Gasteiger partial charge in [0.25, 0.3) is 0 Å². The van der Waals surface area contributed by atoms with Crippen LogP contribution in [0.25, 0.3) is 0 Å². The molecule has 0 unspecified atom stereocenters. The van der Waals surface area contributed by atoms with E-state index in [1.54, 1.807) is 30.5 Å². The summed E-state index contributed by atoms with van der Waals surface area (Å²) in [6, 6.07) is 17.5. The fourth-order valence-electron chi connectivity index (χ4n) is 2.59. The number of carbonyl (C=O) groups is 1. The van der Waals surface area contributed by atoms with Gasteiger partial charge in [0.05, 0.1) is 11.6 Å². The molecule has 0 amide bonds. The molecule has 3 rings (SSSR count). The molecular formula is C21H17N3O. The van der Waals surface area contributed by atoms with Gasteiger partial charge in [-0.1, -0.05) is 42.5 Å². The average molecular weight is 327 g/mol. The summed E-state index contributed by atoms with van der Waals surface area (Å²) in [6.45, 7) is 0.678. The lowest BCUT2D eigenvalue weighted by atomic mass is 10.0. The molecule has 0 atom stereocenters. The summed E-state index contributed by atoms with van der Waals surface area (Å²) in [4.78, 5) is 18.2. The molecule has 0 fully saturated rings. The summed E-state index contributed by atoms with van der Waals surface area (Å²) < 4.78 is 0. The molecule has 0 saturated carbocycles. The van der Waals surface area contributed by atoms with Crippen LogP contribution in [0.15, 0.2) is 90.4 Å². The van der Waals surface area contributed by atoms with Crippen molar-refractivity contribution in [2.45, 2.75) is 13.0 Å². The third kappa shape index (κ3) is 4.52. The van der Waals surface area contributed by atoms with Gasteiger partial charge in [-0.2, -0.15) is 5.26 Å². The summed E-state index contributed by atoms with van der Waals surface area (Å²) in [5.41, 5.74) is 3.15. The van der Waals surface area contributed by atoms with Gasteiger partial charge in [-0.3, -0.25) is 9.78 Å². The number of pyridine rings is 1. The number of ketones is 1. The molecule has 0 saturated heterocycles. The van der Waals surface area contributed by atoms with E-state index in [4.69, 9.17) is 0 Å². The second-order valence-corrected chi connectivity index (χ2v) is 5.72. The summed E-state index contributed by atoms with van der Waals surface area (Å²) in [6.07, 6.45) is 9.21. The van der Waals surface area contributed by atoms with Crippen LogP contribution in [0.3, 0.4) is 0 Å². The number of hydrogen-bond acceptors (Lipinski definition) is 4. The van der Waals surface area contributed by atoms with Gasteiger partial charge in [0.1, 0.15) is 5.69 Å². The quantitative estimate of drug-likeness (QED) is 0.615. The third-order valence-electron chi connectivity index (χ3n) is 3.77. The monoisotopic (exact) mass is 327 g/mol. The lowest BCUT2D eigenvalue weighted by Gasteiger charge is -2.22. The number of nitrogens with zero attached hydrogens (tertiary/aromatic N) is 3. The molecule has 1 aliphatic heterocycles. The van der Waals surface area contributed by atoms with E-state index in [9.17, 15) is 10.1 Å². The zero-order valence-electron chi connectivity index (χ0n) is 13.7. The summed E-state index contributed by atoms with van der Waals surface area (Å²) >= 11 is 0. The molecular weight excluding hydrogens is 310 g/mol. The molecule has 122 valence electrons. The van der Waals surface area contributed by atoms with Crippen LogP contribution in [0.4, 0.5) is 0 Å². The van der Waals surface area contributed by atoms with E-state index < -0.39 is 0 Å². The Hall–Kier alpha value is -3.45. The number of carbonyl (C=O) groups excluding carboxylic acids is 1. The maximum absolute atomic E-state index is 12.1. The Balaban J connectivity index is 1.75. The van der Waals surface area contributed by atoms with E-state index in [1.807, 2.05) is 47.6 Å². The van der Waals surface area contributed by atoms with Crippen molar-refractivity contribution in [1.29, 1.82) is 5.26 Å². The van der Waals surface area contributed by atoms with Crippen LogP contribution in [0.2, 0.25) is 0 Å². The van der Waals surface area contributed by atoms with Gasteiger partial charge < -0.3 is 4.90 Å². The van der Waals surface area contributed by atoms with Crippen molar-refractivity contribution in [3.63, 3.8) is 0 Å². The maximum Gasteiger partial charge on any atom is 0.204 e. The van der Waals surface area contributed by atoms with E-state index in [-0.39, 0.29) is 5.78 Å². The van der Waals surface area contributed by atoms with Gasteiger partial charge in [-0.05, 0) is 29.3 Å². The lowest BCUT2D eigenvalue weighted by molar-refractivity contribution is 0.104. The largest absolute Gasteiger partial charge is 0.349 e. The van der Waals surface area contributed by atoms with Crippen molar-refractivity contribution in [3.8, 4) is 6.07 Å². The van der Waals surface area contributed by atoms with Crippen LogP contribution in [0, 0.1) is 11.3 Å². The first-order valence-corrected chi connectivity index (χ1v) is 7.99. The number of benzene rings is 1. The molecule has 0 aliphatic carbocycles. The predicted molar refractivity (Wildman–Crippen MR) is 96.1 cm³/mol. The highest BCUT2D eigenvalue weighted by Crippen LogP contribution is 2.21. The Morgan fingerprint density at radius 1 is 1.16 bits per heavy atom. The Bertz CT molecular complexity index is 874. The average Bonchev–Trinajstić information content (AvgIpc) is 2.67. The Kier molecular flexibility index (Phi) is 5.18. The number of hydrogen-bond donors (Lipinski definition) is 0. The maximum atomic E-state index is 12.1. The van der Waals surface area contributed by atoms with Gasteiger partial charge >= 0.3 is 0 Å². The molecule has 1 aliphatic rings. The normalized spacial score (nSPS) is 14.0. The summed E-state index contributed by atoms with van der Waals surface area (Å²) in [5.74, 6) is -0.149. The first-order valence-electron chi connectivity index (χ1n) is 7.99. The van der Waals surface area contributed by atoms with E-state index in [1.165, 1.54) is 6.08 Å². The van der Waals surface area contributed by atoms with Gasteiger partial charge in [-0.25, -0.2) is 0 Å². The van der Waals surface area contributed by atoms with Crippen LogP contribution in [0.1, 0.15) is 22.5 Å². The van der Waals surface area contributed by atoms with Crippen molar-refractivity contribution in [2.75, 3.05) is 0 Å². The zero-order chi connectivity index (χ0) is 17.5. The molecule has 2 aromatic rings. The van der Waals surface area contributed by atoms with E-state index in [2.05, 4.69) is 11.1 Å². The fourth-order valence-corrected chi connectivity index (χ4v) is 2.59. The van der Waals surface area contributed by atoms with E-state index in [0.29, 0.717) is 24.2 Å². The Morgan fingerprint density at radius 3 is 2.68 bits per heavy atom. The van der Waals surface area contributed by atoms with Gasteiger partial charge in [-0.15, -0.1) is 0 Å². The number of aromatic nitrogens is 1. The standard InChI is InChI=1S/C21H17N3O/c22-13-19-12-18(9-10-21(25)20-8-4-5-11-23-20)15-24(16-19)14-17-6-2-1-3-7-17/h1-11,15-16H,12,14H2. The highest BCUT2D eigenvalue weighted by Gasteiger charge is 2.11. The molecule has 1 aromatic heterocycles. The molecule has 1 aromatic carbocycles. The van der Waals surface area contributed by atoms with Crippen LogP contribution < -0.4 is 0 Å². The zero-order valence-corrected chi connectivity index (χ0v) is 13.7. The molecule has 4 nitrogen and oxygen atoms in total. The van der Waals surface area contributed by atoms with E-state index in [0.717, 1.165) is 11.1 Å². The molecule has 2 heterocycles. The highest BCUT2D eigenvalue weighted by atomic mass is 16.1. The number of nitriles is 1. The van der Waals surface area contributed by atoms with Crippen LogP contribution in [-0.4, -0.2) is 15.7 Å². The van der Waals surface area contributed by atoms with E-state index >= 15 is 0 Å². The van der Waals surface area contributed by atoms with Gasteiger partial charge in [0.15, 0.2) is 0 Å². The van der Waals surface area contributed by atoms with Gasteiger partial charge in [0, 0.05) is 31.6 Å². The van der Waals surface area contributed by atoms with Crippen molar-refractivity contribution in [3.05, 3.63) is 102 Å². The molecule has 0 bridgehead atoms. The Labute approximate surface area is 147 Å². The summed E-state index contributed by atoms with van der Waals surface area (Å²) in [5, 5.41) is 9.27. The fraction of sp³-hybridized carbons (Fsp3) is 0.0952. The minimum atomic E-state index is -0.149. The van der Waals surface area contributed by atoms with Crippen molar-refractivity contribution < 1.29 is 4.79 Å². The molecule has 0 spiro atoms.